The molecule has 0 aromatic carbocycles. The van der Waals surface area contributed by atoms with E-state index in [9.17, 15) is 0 Å². The van der Waals surface area contributed by atoms with Crippen molar-refractivity contribution in [1.82, 2.24) is 5.32 Å². The maximum atomic E-state index is 5.02. The Bertz CT molecular complexity index is 115. The van der Waals surface area contributed by atoms with E-state index in [0.717, 1.165) is 6.54 Å². The van der Waals surface area contributed by atoms with Crippen LogP contribution in [0, 0.1) is 0 Å². The summed E-state index contributed by atoms with van der Waals surface area (Å²) in [6.07, 6.45) is 1.48. The van der Waals surface area contributed by atoms with Gasteiger partial charge in [0.15, 0.2) is 6.29 Å². The van der Waals surface area contributed by atoms with Crippen LogP contribution in [0.25, 0.3) is 0 Å². The van der Waals surface area contributed by atoms with Crippen LogP contribution in [0.15, 0.2) is 4.99 Å². The zero-order chi connectivity index (χ0) is 7.40. The molecule has 0 aromatic rings. The molecule has 0 aromatic heterocycles. The van der Waals surface area contributed by atoms with Gasteiger partial charge in [-0.25, -0.2) is 0 Å². The lowest BCUT2D eigenvalue weighted by Crippen LogP contribution is -2.39. The van der Waals surface area contributed by atoms with Crippen molar-refractivity contribution in [3.63, 3.8) is 0 Å². The van der Waals surface area contributed by atoms with Crippen LogP contribution in [0.3, 0.4) is 0 Å². The summed E-state index contributed by atoms with van der Waals surface area (Å²) >= 11 is 0. The van der Waals surface area contributed by atoms with Crippen LogP contribution in [0.2, 0.25) is 0 Å². The van der Waals surface area contributed by atoms with E-state index in [1.807, 2.05) is 0 Å². The number of rotatable bonds is 3. The SMILES string of the molecule is COC(OC)C1CN=CN1. The highest BCUT2D eigenvalue weighted by Crippen LogP contribution is 2.02. The van der Waals surface area contributed by atoms with Gasteiger partial charge in [-0.3, -0.25) is 4.99 Å². The Balaban J connectivity index is 2.31. The van der Waals surface area contributed by atoms with Crippen LogP contribution < -0.4 is 5.32 Å². The summed E-state index contributed by atoms with van der Waals surface area (Å²) in [6.45, 7) is 0.729. The Morgan fingerprint density at radius 1 is 1.60 bits per heavy atom. The van der Waals surface area contributed by atoms with Crippen molar-refractivity contribution >= 4 is 6.34 Å². The van der Waals surface area contributed by atoms with Crippen LogP contribution in [-0.4, -0.2) is 39.4 Å². The number of nitrogens with one attached hydrogen (secondary N) is 1. The van der Waals surface area contributed by atoms with Crippen molar-refractivity contribution in [2.24, 2.45) is 4.99 Å². The maximum absolute atomic E-state index is 5.02. The monoisotopic (exact) mass is 144 g/mol. The van der Waals surface area contributed by atoms with E-state index < -0.39 is 0 Å². The summed E-state index contributed by atoms with van der Waals surface area (Å²) < 4.78 is 10.0. The van der Waals surface area contributed by atoms with Crippen molar-refractivity contribution in [2.75, 3.05) is 20.8 Å². The minimum absolute atomic E-state index is 0.176. The number of hydrogen-bond acceptors (Lipinski definition) is 4. The molecule has 0 saturated heterocycles. The fourth-order valence-electron chi connectivity index (χ4n) is 0.957. The third-order valence-electron chi connectivity index (χ3n) is 1.48. The summed E-state index contributed by atoms with van der Waals surface area (Å²) in [4.78, 5) is 3.99. The topological polar surface area (TPSA) is 42.9 Å². The van der Waals surface area contributed by atoms with Gasteiger partial charge in [-0.15, -0.1) is 0 Å². The fraction of sp³-hybridized carbons (Fsp3) is 0.833. The van der Waals surface area contributed by atoms with Gasteiger partial charge < -0.3 is 14.8 Å². The van der Waals surface area contributed by atoms with Gasteiger partial charge in [0.25, 0.3) is 0 Å². The van der Waals surface area contributed by atoms with E-state index in [0.29, 0.717) is 0 Å². The molecule has 10 heavy (non-hydrogen) atoms. The van der Waals surface area contributed by atoms with Gasteiger partial charge in [0.05, 0.1) is 18.9 Å². The lowest BCUT2D eigenvalue weighted by molar-refractivity contribution is -0.116. The molecule has 1 N–H and O–H groups in total. The first-order valence-corrected chi connectivity index (χ1v) is 3.18. The zero-order valence-electron chi connectivity index (χ0n) is 6.20. The van der Waals surface area contributed by atoms with E-state index in [1.165, 1.54) is 0 Å². The van der Waals surface area contributed by atoms with Gasteiger partial charge in [0, 0.05) is 14.2 Å². The molecule has 0 amide bonds. The maximum Gasteiger partial charge on any atom is 0.178 e. The third-order valence-corrected chi connectivity index (χ3v) is 1.48. The average Bonchev–Trinajstić information content (AvgIpc) is 2.43. The minimum atomic E-state index is -0.192. The van der Waals surface area contributed by atoms with Gasteiger partial charge in [0.1, 0.15) is 0 Å². The normalized spacial score (nSPS) is 23.7. The molecular weight excluding hydrogens is 132 g/mol. The Morgan fingerprint density at radius 3 is 2.70 bits per heavy atom. The molecule has 0 fully saturated rings. The summed E-state index contributed by atoms with van der Waals surface area (Å²) in [5.41, 5.74) is 0. The van der Waals surface area contributed by atoms with E-state index in [4.69, 9.17) is 9.47 Å². The second-order valence-electron chi connectivity index (χ2n) is 2.11. The molecule has 0 saturated carbocycles. The first kappa shape index (κ1) is 7.50. The van der Waals surface area contributed by atoms with E-state index in [-0.39, 0.29) is 12.3 Å². The number of nitrogens with zero attached hydrogens (tertiary/aromatic N) is 1. The van der Waals surface area contributed by atoms with E-state index >= 15 is 0 Å². The lowest BCUT2D eigenvalue weighted by Gasteiger charge is -2.19. The summed E-state index contributed by atoms with van der Waals surface area (Å²) in [5.74, 6) is 0. The van der Waals surface area contributed by atoms with Crippen LogP contribution in [0.5, 0.6) is 0 Å². The van der Waals surface area contributed by atoms with E-state index in [1.54, 1.807) is 20.6 Å². The first-order valence-electron chi connectivity index (χ1n) is 3.18. The molecule has 1 aliphatic rings. The zero-order valence-corrected chi connectivity index (χ0v) is 6.20. The molecular formula is C6H12N2O2. The van der Waals surface area contributed by atoms with Crippen molar-refractivity contribution < 1.29 is 9.47 Å². The Labute approximate surface area is 60.2 Å². The molecule has 1 atom stereocenters. The Kier molecular flexibility index (Phi) is 2.65. The van der Waals surface area contributed by atoms with Gasteiger partial charge >= 0.3 is 0 Å². The lowest BCUT2D eigenvalue weighted by atomic mass is 10.3. The number of ether oxygens (including phenoxy) is 2. The van der Waals surface area contributed by atoms with Gasteiger partial charge in [0.2, 0.25) is 0 Å². The molecule has 0 bridgehead atoms. The van der Waals surface area contributed by atoms with Gasteiger partial charge in [-0.05, 0) is 0 Å². The number of aliphatic imine (C=N–C) groups is 1. The van der Waals surface area contributed by atoms with Crippen LogP contribution in [0.4, 0.5) is 0 Å². The van der Waals surface area contributed by atoms with E-state index in [2.05, 4.69) is 10.3 Å². The smallest absolute Gasteiger partial charge is 0.178 e. The molecule has 1 unspecified atom stereocenters. The quantitative estimate of drug-likeness (QED) is 0.548. The van der Waals surface area contributed by atoms with Crippen molar-refractivity contribution in [3.8, 4) is 0 Å². The van der Waals surface area contributed by atoms with Gasteiger partial charge in [-0.2, -0.15) is 0 Å². The number of hydrogen-bond donors (Lipinski definition) is 1. The Hall–Kier alpha value is -0.610. The standard InChI is InChI=1S/C6H12N2O2/c1-9-6(10-2)5-3-7-4-8-5/h4-6H,3H2,1-2H3,(H,7,8). The highest BCUT2D eigenvalue weighted by Gasteiger charge is 2.21. The molecule has 1 aliphatic heterocycles. The fourth-order valence-corrected chi connectivity index (χ4v) is 0.957. The molecule has 58 valence electrons. The second kappa shape index (κ2) is 3.53. The molecule has 4 heteroatoms. The highest BCUT2D eigenvalue weighted by molar-refractivity contribution is 5.57. The van der Waals surface area contributed by atoms with Crippen LogP contribution in [0.1, 0.15) is 0 Å². The molecule has 0 radical (unpaired) electrons. The number of methoxy groups -OCH3 is 2. The molecule has 0 spiro atoms. The summed E-state index contributed by atoms with van der Waals surface area (Å²) in [6, 6.07) is 0.176. The molecule has 0 aliphatic carbocycles. The van der Waals surface area contributed by atoms with Crippen molar-refractivity contribution in [2.45, 2.75) is 12.3 Å². The predicted octanol–water partition coefficient (Wildman–Crippen LogP) is -0.395. The van der Waals surface area contributed by atoms with Crippen LogP contribution >= 0.6 is 0 Å². The van der Waals surface area contributed by atoms with Crippen LogP contribution in [-0.2, 0) is 9.47 Å². The molecule has 1 heterocycles. The highest BCUT2D eigenvalue weighted by atomic mass is 16.7. The summed E-state index contributed by atoms with van der Waals surface area (Å²) in [5, 5.41) is 3.02. The first-order chi connectivity index (χ1) is 4.88. The predicted molar refractivity (Wildman–Crippen MR) is 38.1 cm³/mol. The molecule has 4 nitrogen and oxygen atoms in total. The second-order valence-corrected chi connectivity index (χ2v) is 2.11. The Morgan fingerprint density at radius 2 is 2.30 bits per heavy atom. The largest absolute Gasteiger partial charge is 0.367 e. The minimum Gasteiger partial charge on any atom is -0.367 e. The third kappa shape index (κ3) is 1.46. The summed E-state index contributed by atoms with van der Waals surface area (Å²) in [7, 11) is 3.24. The molecule has 1 rings (SSSR count). The average molecular weight is 144 g/mol. The van der Waals surface area contributed by atoms with Crippen molar-refractivity contribution in [1.29, 1.82) is 0 Å². The van der Waals surface area contributed by atoms with Crippen molar-refractivity contribution in [3.05, 3.63) is 0 Å². The van der Waals surface area contributed by atoms with Gasteiger partial charge in [-0.1, -0.05) is 0 Å².